The minimum atomic E-state index is 0.412. The second-order valence-electron chi connectivity index (χ2n) is 5.28. The maximum Gasteiger partial charge on any atom is 0.169 e. The number of likely N-dealkylation sites (tertiary alicyclic amines) is 1. The average Bonchev–Trinajstić information content (AvgIpc) is 2.68. The van der Waals surface area contributed by atoms with Gasteiger partial charge in [-0.2, -0.15) is 0 Å². The summed E-state index contributed by atoms with van der Waals surface area (Å²) in [6.07, 6.45) is 5.80. The van der Waals surface area contributed by atoms with E-state index < -0.39 is 0 Å². The minimum Gasteiger partial charge on any atom is -0.366 e. The van der Waals surface area contributed by atoms with Crippen LogP contribution >= 0.6 is 12.2 Å². The molecule has 0 amide bonds. The molecule has 2 heterocycles. The van der Waals surface area contributed by atoms with Crippen LogP contribution in [0, 0.1) is 5.92 Å². The van der Waals surface area contributed by atoms with Gasteiger partial charge in [-0.25, -0.2) is 0 Å². The van der Waals surface area contributed by atoms with Gasteiger partial charge in [0.25, 0.3) is 0 Å². The molecule has 1 aromatic heterocycles. The highest BCUT2D eigenvalue weighted by molar-refractivity contribution is 7.80. The molecule has 1 aliphatic rings. The fourth-order valence-electron chi connectivity index (χ4n) is 2.77. The average molecular weight is 265 g/mol. The third-order valence-electron chi connectivity index (χ3n) is 3.97. The highest BCUT2D eigenvalue weighted by Gasteiger charge is 2.27. The van der Waals surface area contributed by atoms with Gasteiger partial charge in [0.05, 0.1) is 6.04 Å². The van der Waals surface area contributed by atoms with Crippen LogP contribution in [0.15, 0.2) is 18.3 Å². The fourth-order valence-corrected chi connectivity index (χ4v) is 2.99. The molecule has 1 fully saturated rings. The molecule has 2 atom stereocenters. The van der Waals surface area contributed by atoms with Gasteiger partial charge in [0.15, 0.2) is 5.11 Å². The van der Waals surface area contributed by atoms with Crippen LogP contribution in [0.2, 0.25) is 0 Å². The summed E-state index contributed by atoms with van der Waals surface area (Å²) in [6.45, 7) is 3.39. The summed E-state index contributed by atoms with van der Waals surface area (Å²) < 4.78 is 2.21. The van der Waals surface area contributed by atoms with Gasteiger partial charge in [-0.05, 0) is 49.5 Å². The van der Waals surface area contributed by atoms with Crippen molar-refractivity contribution < 1.29 is 0 Å². The van der Waals surface area contributed by atoms with E-state index in [4.69, 9.17) is 12.2 Å². The van der Waals surface area contributed by atoms with Crippen molar-refractivity contribution >= 4 is 17.3 Å². The molecule has 0 aromatic carbocycles. The maximum absolute atomic E-state index is 5.47. The second-order valence-corrected chi connectivity index (χ2v) is 5.67. The molecule has 0 radical (unpaired) electrons. The number of rotatable bonds is 1. The van der Waals surface area contributed by atoms with Crippen molar-refractivity contribution in [2.24, 2.45) is 13.0 Å². The summed E-state index contributed by atoms with van der Waals surface area (Å²) in [5.41, 5.74) is 1.36. The summed E-state index contributed by atoms with van der Waals surface area (Å²) in [5.74, 6) is 0.789. The van der Waals surface area contributed by atoms with E-state index in [1.54, 1.807) is 0 Å². The minimum absolute atomic E-state index is 0.412. The molecule has 0 aliphatic carbocycles. The predicted octanol–water partition coefficient (Wildman–Crippen LogP) is 2.69. The number of nitrogens with zero attached hydrogens (tertiary/aromatic N) is 2. The van der Waals surface area contributed by atoms with E-state index in [-0.39, 0.29) is 0 Å². The predicted molar refractivity (Wildman–Crippen MR) is 79.5 cm³/mol. The standard InChI is InChI=1S/C14H23N3S/c1-11-6-7-13(12-5-4-9-16(12)3)17(10-8-11)14(18)15-2/h4-5,9,11,13H,6-8,10H2,1-3H3,(H,15,18)/t11-,13+/m1/s1. The number of thiocarbonyl (C=S) groups is 1. The zero-order chi connectivity index (χ0) is 13.1. The van der Waals surface area contributed by atoms with Crippen LogP contribution in [0.1, 0.15) is 37.9 Å². The molecule has 0 spiro atoms. The fraction of sp³-hybridized carbons (Fsp3) is 0.643. The molecule has 4 heteroatoms. The van der Waals surface area contributed by atoms with Crippen molar-refractivity contribution in [3.8, 4) is 0 Å². The van der Waals surface area contributed by atoms with Gasteiger partial charge in [0, 0.05) is 32.5 Å². The monoisotopic (exact) mass is 265 g/mol. The lowest BCUT2D eigenvalue weighted by atomic mass is 10.0. The molecule has 3 nitrogen and oxygen atoms in total. The molecular formula is C14H23N3S. The van der Waals surface area contributed by atoms with Gasteiger partial charge >= 0.3 is 0 Å². The number of nitrogens with one attached hydrogen (secondary N) is 1. The van der Waals surface area contributed by atoms with Crippen molar-refractivity contribution in [1.82, 2.24) is 14.8 Å². The largest absolute Gasteiger partial charge is 0.366 e. The van der Waals surface area contributed by atoms with Crippen molar-refractivity contribution in [2.75, 3.05) is 13.6 Å². The molecular weight excluding hydrogens is 242 g/mol. The maximum atomic E-state index is 5.47. The van der Waals surface area contributed by atoms with Crippen molar-refractivity contribution in [2.45, 2.75) is 32.2 Å². The molecule has 100 valence electrons. The topological polar surface area (TPSA) is 20.2 Å². The van der Waals surface area contributed by atoms with E-state index >= 15 is 0 Å². The Hall–Kier alpha value is -1.03. The summed E-state index contributed by atoms with van der Waals surface area (Å²) in [6, 6.07) is 4.74. The Morgan fingerprint density at radius 1 is 1.39 bits per heavy atom. The molecule has 1 aromatic rings. The van der Waals surface area contributed by atoms with E-state index in [1.165, 1.54) is 25.0 Å². The summed E-state index contributed by atoms with van der Waals surface area (Å²) in [4.78, 5) is 2.36. The molecule has 1 saturated heterocycles. The van der Waals surface area contributed by atoms with E-state index in [0.717, 1.165) is 17.6 Å². The molecule has 1 aliphatic heterocycles. The Labute approximate surface area is 115 Å². The van der Waals surface area contributed by atoms with E-state index in [0.29, 0.717) is 6.04 Å². The molecule has 2 rings (SSSR count). The van der Waals surface area contributed by atoms with Gasteiger partial charge in [-0.15, -0.1) is 0 Å². The third kappa shape index (κ3) is 2.69. The van der Waals surface area contributed by atoms with Gasteiger partial charge in [0.1, 0.15) is 0 Å². The van der Waals surface area contributed by atoms with Gasteiger partial charge in [-0.3, -0.25) is 0 Å². The number of aryl methyl sites for hydroxylation is 1. The first-order valence-electron chi connectivity index (χ1n) is 6.73. The lowest BCUT2D eigenvalue weighted by molar-refractivity contribution is 0.308. The third-order valence-corrected chi connectivity index (χ3v) is 4.41. The van der Waals surface area contributed by atoms with Crippen LogP contribution in [0.4, 0.5) is 0 Å². The number of aromatic nitrogens is 1. The zero-order valence-corrected chi connectivity index (χ0v) is 12.3. The number of hydrogen-bond donors (Lipinski definition) is 1. The smallest absolute Gasteiger partial charge is 0.169 e. The van der Waals surface area contributed by atoms with Crippen LogP contribution in [-0.2, 0) is 7.05 Å². The SMILES string of the molecule is CNC(=S)N1CC[C@H](C)CC[C@H]1c1cccn1C. The Kier molecular flexibility index (Phi) is 4.27. The van der Waals surface area contributed by atoms with E-state index in [2.05, 4.69) is 47.1 Å². The lowest BCUT2D eigenvalue weighted by Crippen LogP contribution is -2.41. The van der Waals surface area contributed by atoms with Gasteiger partial charge in [-0.1, -0.05) is 6.92 Å². The lowest BCUT2D eigenvalue weighted by Gasteiger charge is -2.32. The molecule has 0 saturated carbocycles. The zero-order valence-electron chi connectivity index (χ0n) is 11.5. The van der Waals surface area contributed by atoms with E-state index in [9.17, 15) is 0 Å². The van der Waals surface area contributed by atoms with Gasteiger partial charge in [0.2, 0.25) is 0 Å². The summed E-state index contributed by atoms with van der Waals surface area (Å²) in [7, 11) is 4.03. The Morgan fingerprint density at radius 3 is 2.78 bits per heavy atom. The highest BCUT2D eigenvalue weighted by Crippen LogP contribution is 2.32. The molecule has 18 heavy (non-hydrogen) atoms. The van der Waals surface area contributed by atoms with Crippen molar-refractivity contribution in [1.29, 1.82) is 0 Å². The Balaban J connectivity index is 2.27. The van der Waals surface area contributed by atoms with E-state index in [1.807, 2.05) is 7.05 Å². The van der Waals surface area contributed by atoms with Crippen LogP contribution < -0.4 is 5.32 Å². The first-order chi connectivity index (χ1) is 8.63. The van der Waals surface area contributed by atoms with Gasteiger partial charge < -0.3 is 14.8 Å². The normalized spacial score (nSPS) is 24.7. The molecule has 1 N–H and O–H groups in total. The first kappa shape index (κ1) is 13.4. The molecule has 0 unspecified atom stereocenters. The van der Waals surface area contributed by atoms with Crippen molar-refractivity contribution in [3.05, 3.63) is 24.0 Å². The van der Waals surface area contributed by atoms with Crippen LogP contribution in [0.5, 0.6) is 0 Å². The summed E-state index contributed by atoms with van der Waals surface area (Å²) in [5, 5.41) is 4.01. The Morgan fingerprint density at radius 2 is 2.17 bits per heavy atom. The summed E-state index contributed by atoms with van der Waals surface area (Å²) >= 11 is 5.47. The van der Waals surface area contributed by atoms with Crippen LogP contribution in [0.25, 0.3) is 0 Å². The quantitative estimate of drug-likeness (QED) is 0.788. The first-order valence-corrected chi connectivity index (χ1v) is 7.14. The Bertz CT molecular complexity index is 413. The number of hydrogen-bond acceptors (Lipinski definition) is 1. The van der Waals surface area contributed by atoms with Crippen LogP contribution in [-0.4, -0.2) is 28.2 Å². The van der Waals surface area contributed by atoms with Crippen LogP contribution in [0.3, 0.4) is 0 Å². The molecule has 0 bridgehead atoms. The highest BCUT2D eigenvalue weighted by atomic mass is 32.1. The van der Waals surface area contributed by atoms with Crippen molar-refractivity contribution in [3.63, 3.8) is 0 Å². The second kappa shape index (κ2) is 5.74.